The van der Waals surface area contributed by atoms with Gasteiger partial charge in [-0.3, -0.25) is 4.98 Å². The van der Waals surface area contributed by atoms with Crippen LogP contribution in [0.5, 0.6) is 11.5 Å². The van der Waals surface area contributed by atoms with E-state index in [1.54, 1.807) is 18.3 Å². The zero-order chi connectivity index (χ0) is 21.3. The van der Waals surface area contributed by atoms with Crippen molar-refractivity contribution in [3.05, 3.63) is 47.6 Å². The molecule has 30 heavy (non-hydrogen) atoms. The normalized spacial score (nSPS) is 15.2. The van der Waals surface area contributed by atoms with E-state index in [4.69, 9.17) is 16.3 Å². The maximum absolute atomic E-state index is 10.0. The number of phenolic OH excluding ortho intramolecular Hbond substituents is 1. The van der Waals surface area contributed by atoms with Crippen molar-refractivity contribution in [3.8, 4) is 22.6 Å². The Hall–Kier alpha value is -2.50. The molecule has 1 aliphatic heterocycles. The molecule has 1 aliphatic rings. The highest BCUT2D eigenvalue weighted by molar-refractivity contribution is 6.32. The van der Waals surface area contributed by atoms with Crippen LogP contribution in [0.25, 0.3) is 22.0 Å². The highest BCUT2D eigenvalue weighted by atomic mass is 35.5. The summed E-state index contributed by atoms with van der Waals surface area (Å²) < 4.78 is 5.27. The average molecular weight is 425 g/mol. The van der Waals surface area contributed by atoms with E-state index in [1.165, 1.54) is 20.0 Å². The van der Waals surface area contributed by atoms with Gasteiger partial charge in [0.1, 0.15) is 0 Å². The fraction of sp³-hybridized carbons (Fsp3) is 0.375. The summed E-state index contributed by atoms with van der Waals surface area (Å²) in [4.78, 5) is 9.21. The molecule has 1 aromatic heterocycles. The van der Waals surface area contributed by atoms with Gasteiger partial charge in [-0.15, -0.1) is 0 Å². The second kappa shape index (κ2) is 8.70. The Kier molecular flexibility index (Phi) is 6.02. The van der Waals surface area contributed by atoms with Gasteiger partial charge >= 0.3 is 0 Å². The van der Waals surface area contributed by atoms with Gasteiger partial charge in [-0.2, -0.15) is 0 Å². The average Bonchev–Trinajstić information content (AvgIpc) is 2.75. The molecule has 0 aliphatic carbocycles. The van der Waals surface area contributed by atoms with Gasteiger partial charge in [0.15, 0.2) is 11.5 Å². The first-order valence-electron chi connectivity index (χ1n) is 10.2. The Balaban J connectivity index is 1.68. The molecule has 1 N–H and O–H groups in total. The maximum Gasteiger partial charge on any atom is 0.176 e. The largest absolute Gasteiger partial charge is 0.503 e. The number of piperidine rings is 1. The van der Waals surface area contributed by atoms with Crippen molar-refractivity contribution in [1.82, 2.24) is 9.88 Å². The van der Waals surface area contributed by atoms with Crippen molar-refractivity contribution < 1.29 is 9.84 Å². The molecule has 0 spiro atoms. The molecule has 2 aromatic carbocycles. The van der Waals surface area contributed by atoms with Crippen molar-refractivity contribution in [2.45, 2.75) is 12.8 Å². The number of ether oxygens (including phenoxy) is 1. The third kappa shape index (κ3) is 4.18. The summed E-state index contributed by atoms with van der Waals surface area (Å²) in [5.74, 6) is 1.06. The number of phenols is 1. The minimum atomic E-state index is -0.0417. The minimum Gasteiger partial charge on any atom is -0.503 e. The van der Waals surface area contributed by atoms with E-state index in [-0.39, 0.29) is 10.8 Å². The number of benzene rings is 2. The number of nitrogens with zero attached hydrogens (tertiary/aromatic N) is 3. The fourth-order valence-corrected chi connectivity index (χ4v) is 4.48. The zero-order valence-corrected chi connectivity index (χ0v) is 18.4. The maximum atomic E-state index is 10.0. The fourth-order valence-electron chi connectivity index (χ4n) is 4.27. The van der Waals surface area contributed by atoms with Crippen LogP contribution in [0.1, 0.15) is 12.8 Å². The molecule has 2 heterocycles. The third-order valence-corrected chi connectivity index (χ3v) is 6.08. The number of aromatic hydroxyl groups is 1. The summed E-state index contributed by atoms with van der Waals surface area (Å²) in [5.41, 5.74) is 3.92. The molecule has 5 nitrogen and oxygen atoms in total. The lowest BCUT2D eigenvalue weighted by molar-refractivity contribution is 0.285. The number of hydrogen-bond acceptors (Lipinski definition) is 5. The first-order valence-corrected chi connectivity index (χ1v) is 10.6. The van der Waals surface area contributed by atoms with E-state index in [1.807, 2.05) is 12.1 Å². The lowest BCUT2D eigenvalue weighted by Crippen LogP contribution is -2.37. The van der Waals surface area contributed by atoms with Gasteiger partial charge in [0.05, 0.1) is 23.3 Å². The molecule has 1 radical (unpaired) electrons. The molecular weight excluding hydrogens is 398 g/mol. The Morgan fingerprint density at radius 3 is 2.67 bits per heavy atom. The quantitative estimate of drug-likeness (QED) is 0.634. The van der Waals surface area contributed by atoms with Crippen LogP contribution in [-0.4, -0.2) is 55.8 Å². The van der Waals surface area contributed by atoms with Crippen LogP contribution in [0.15, 0.2) is 36.5 Å². The molecule has 4 rings (SSSR count). The van der Waals surface area contributed by atoms with Crippen LogP contribution in [0, 0.1) is 12.0 Å². The van der Waals surface area contributed by atoms with Crippen LogP contribution >= 0.6 is 11.6 Å². The molecule has 0 atom stereocenters. The highest BCUT2D eigenvalue weighted by Crippen LogP contribution is 2.39. The molecule has 3 aromatic rings. The van der Waals surface area contributed by atoms with Crippen LogP contribution in [-0.2, 0) is 0 Å². The molecule has 0 bridgehead atoms. The van der Waals surface area contributed by atoms with E-state index < -0.39 is 0 Å². The summed E-state index contributed by atoms with van der Waals surface area (Å²) in [6, 6.07) is 13.1. The van der Waals surface area contributed by atoms with Crippen molar-refractivity contribution in [1.29, 1.82) is 0 Å². The van der Waals surface area contributed by atoms with Crippen LogP contribution in [0.2, 0.25) is 5.02 Å². The lowest BCUT2D eigenvalue weighted by Gasteiger charge is -2.35. The second-order valence-electron chi connectivity index (χ2n) is 8.18. The molecule has 1 saturated heterocycles. The number of pyridine rings is 1. The van der Waals surface area contributed by atoms with E-state index >= 15 is 0 Å². The number of fused-ring (bicyclic) bond motifs is 1. The predicted molar refractivity (Wildman–Crippen MR) is 123 cm³/mol. The Morgan fingerprint density at radius 1 is 1.20 bits per heavy atom. The standard InChI is InChI=1S/C24H27ClN3O2/c1-27(2)15-16-7-10-28(11-8-16)22-6-9-26-21-5-4-17(12-19(21)22)18-13-20(25)24(29)23(14-18)30-3/h4-5,9,12-14,16,29H,7-8,10-11,15H2,1-3H3. The molecule has 0 saturated carbocycles. The number of anilines is 1. The van der Waals surface area contributed by atoms with Crippen molar-refractivity contribution in [2.75, 3.05) is 45.7 Å². The number of hydrogen-bond donors (Lipinski definition) is 1. The summed E-state index contributed by atoms with van der Waals surface area (Å²) in [7, 11) is 5.80. The number of methoxy groups -OCH3 is 1. The smallest absolute Gasteiger partial charge is 0.176 e. The van der Waals surface area contributed by atoms with Crippen LogP contribution < -0.4 is 9.64 Å². The highest BCUT2D eigenvalue weighted by Gasteiger charge is 2.21. The minimum absolute atomic E-state index is 0.0417. The first-order chi connectivity index (χ1) is 14.5. The number of halogens is 1. The van der Waals surface area contributed by atoms with Gasteiger partial charge in [-0.05, 0) is 68.2 Å². The summed E-state index contributed by atoms with van der Waals surface area (Å²) >= 11 is 6.21. The van der Waals surface area contributed by atoms with Gasteiger partial charge in [0.2, 0.25) is 0 Å². The molecule has 6 heteroatoms. The van der Waals surface area contributed by atoms with Crippen molar-refractivity contribution in [3.63, 3.8) is 0 Å². The van der Waals surface area contributed by atoms with E-state index in [0.717, 1.165) is 53.3 Å². The van der Waals surface area contributed by atoms with E-state index in [9.17, 15) is 5.11 Å². The summed E-state index contributed by atoms with van der Waals surface area (Å²) in [6.45, 7) is 3.19. The molecule has 0 amide bonds. The SMILES string of the molecule is COc1cc(-c2ccc3nc[c]c(N4CCC(CN(C)C)CC4)c3c2)cc(Cl)c1O. The monoisotopic (exact) mass is 424 g/mol. The lowest BCUT2D eigenvalue weighted by atomic mass is 9.95. The molecule has 1 fully saturated rings. The van der Waals surface area contributed by atoms with Crippen LogP contribution in [0.4, 0.5) is 5.69 Å². The van der Waals surface area contributed by atoms with Gasteiger partial charge in [0, 0.05) is 37.3 Å². The second-order valence-corrected chi connectivity index (χ2v) is 8.59. The topological polar surface area (TPSA) is 48.8 Å². The molecule has 0 unspecified atom stereocenters. The van der Waals surface area contributed by atoms with Gasteiger partial charge in [0.25, 0.3) is 0 Å². The van der Waals surface area contributed by atoms with E-state index in [2.05, 4.69) is 41.0 Å². The van der Waals surface area contributed by atoms with E-state index in [0.29, 0.717) is 5.75 Å². The molecular formula is C24H27ClN3O2. The van der Waals surface area contributed by atoms with Crippen molar-refractivity contribution >= 4 is 28.2 Å². The van der Waals surface area contributed by atoms with Gasteiger partial charge in [-0.25, -0.2) is 0 Å². The summed E-state index contributed by atoms with van der Waals surface area (Å²) in [6.07, 6.45) is 4.13. The predicted octanol–water partition coefficient (Wildman–Crippen LogP) is 4.85. The zero-order valence-electron chi connectivity index (χ0n) is 17.7. The first kappa shape index (κ1) is 20.8. The van der Waals surface area contributed by atoms with Gasteiger partial charge in [-0.1, -0.05) is 17.7 Å². The molecule has 157 valence electrons. The van der Waals surface area contributed by atoms with Gasteiger partial charge < -0.3 is 19.6 Å². The number of rotatable bonds is 5. The Bertz CT molecular complexity index is 1050. The van der Waals surface area contributed by atoms with Crippen molar-refractivity contribution in [2.24, 2.45) is 5.92 Å². The Labute approximate surface area is 182 Å². The third-order valence-electron chi connectivity index (χ3n) is 5.79. The summed E-state index contributed by atoms with van der Waals surface area (Å²) in [5, 5.41) is 11.4. The number of aromatic nitrogens is 1. The Morgan fingerprint density at radius 2 is 1.97 bits per heavy atom. The van der Waals surface area contributed by atoms with Crippen LogP contribution in [0.3, 0.4) is 0 Å².